The van der Waals surface area contributed by atoms with E-state index in [4.69, 9.17) is 33.8 Å². The highest BCUT2D eigenvalue weighted by Crippen LogP contribution is 2.29. The number of nitrogens with one attached hydrogen (secondary N) is 1. The molecule has 0 radical (unpaired) electrons. The van der Waals surface area contributed by atoms with Crippen LogP contribution in [-0.4, -0.2) is 13.2 Å². The fraction of sp³-hybridized carbons (Fsp3) is 0.500. The molecule has 0 bridgehead atoms. The molecule has 0 aromatic heterocycles. The lowest BCUT2D eigenvalue weighted by molar-refractivity contribution is 0.0326. The fourth-order valence-corrected chi connectivity index (χ4v) is 2.19. The van der Waals surface area contributed by atoms with Crippen molar-refractivity contribution in [3.8, 4) is 0 Å². The summed E-state index contributed by atoms with van der Waals surface area (Å²) >= 11 is 11.9. The quantitative estimate of drug-likeness (QED) is 0.642. The van der Waals surface area contributed by atoms with Gasteiger partial charge in [-0.15, -0.1) is 0 Å². The maximum Gasteiger partial charge on any atom is 0.0801 e. The molecule has 5 heteroatoms. The highest BCUT2D eigenvalue weighted by Gasteiger charge is 2.25. The van der Waals surface area contributed by atoms with E-state index in [1.54, 1.807) is 13.2 Å². The van der Waals surface area contributed by atoms with Crippen LogP contribution in [0.1, 0.15) is 25.5 Å². The van der Waals surface area contributed by atoms with Crippen molar-refractivity contribution in [3.63, 3.8) is 0 Å². The molecule has 1 aromatic carbocycles. The van der Waals surface area contributed by atoms with E-state index >= 15 is 0 Å². The zero-order valence-corrected chi connectivity index (χ0v) is 11.7. The number of benzene rings is 1. The van der Waals surface area contributed by atoms with Gasteiger partial charge in [0.05, 0.1) is 22.2 Å². The second-order valence-corrected chi connectivity index (χ2v) is 5.08. The van der Waals surface area contributed by atoms with Crippen molar-refractivity contribution in [1.82, 2.24) is 5.43 Å². The first kappa shape index (κ1) is 14.7. The lowest BCUT2D eigenvalue weighted by atomic mass is 9.94. The molecule has 0 amide bonds. The maximum atomic E-state index is 6.00. The minimum Gasteiger partial charge on any atom is -0.379 e. The van der Waals surface area contributed by atoms with E-state index in [2.05, 4.69) is 19.3 Å². The van der Waals surface area contributed by atoms with Gasteiger partial charge in [-0.25, -0.2) is 0 Å². The SMILES string of the molecule is COC(C(C)C)C(NN)c1ccc(Cl)c(Cl)c1. The summed E-state index contributed by atoms with van der Waals surface area (Å²) in [6, 6.07) is 5.35. The number of hydrazine groups is 1. The Morgan fingerprint density at radius 3 is 2.29 bits per heavy atom. The number of halogens is 2. The van der Waals surface area contributed by atoms with Gasteiger partial charge in [-0.2, -0.15) is 0 Å². The molecule has 1 aromatic rings. The van der Waals surface area contributed by atoms with Crippen molar-refractivity contribution >= 4 is 23.2 Å². The van der Waals surface area contributed by atoms with E-state index in [1.165, 1.54) is 0 Å². The molecule has 2 atom stereocenters. The zero-order chi connectivity index (χ0) is 13.0. The Morgan fingerprint density at radius 1 is 1.24 bits per heavy atom. The summed E-state index contributed by atoms with van der Waals surface area (Å²) in [5, 5.41) is 1.05. The summed E-state index contributed by atoms with van der Waals surface area (Å²) in [5.41, 5.74) is 3.73. The van der Waals surface area contributed by atoms with Crippen molar-refractivity contribution in [1.29, 1.82) is 0 Å². The predicted octanol–water partition coefficient (Wildman–Crippen LogP) is 3.17. The Bertz CT molecular complexity index is 372. The minimum absolute atomic E-state index is 0.0303. The average Bonchev–Trinajstić information content (AvgIpc) is 2.29. The van der Waals surface area contributed by atoms with Crippen LogP contribution < -0.4 is 11.3 Å². The number of methoxy groups -OCH3 is 1. The minimum atomic E-state index is -0.116. The molecule has 17 heavy (non-hydrogen) atoms. The highest BCUT2D eigenvalue weighted by molar-refractivity contribution is 6.42. The molecular formula is C12H18Cl2N2O. The van der Waals surface area contributed by atoms with Gasteiger partial charge in [0.1, 0.15) is 0 Å². The van der Waals surface area contributed by atoms with Crippen LogP contribution in [0.5, 0.6) is 0 Å². The Hall–Kier alpha value is -0.320. The van der Waals surface area contributed by atoms with Gasteiger partial charge in [-0.3, -0.25) is 11.3 Å². The third kappa shape index (κ3) is 3.57. The van der Waals surface area contributed by atoms with Crippen molar-refractivity contribution in [2.75, 3.05) is 7.11 Å². The normalized spacial score (nSPS) is 15.0. The first-order valence-electron chi connectivity index (χ1n) is 5.45. The molecule has 0 heterocycles. The van der Waals surface area contributed by atoms with E-state index in [9.17, 15) is 0 Å². The van der Waals surface area contributed by atoms with Gasteiger partial charge in [0.2, 0.25) is 0 Å². The number of nitrogens with two attached hydrogens (primary N) is 1. The summed E-state index contributed by atoms with van der Waals surface area (Å²) in [6.45, 7) is 4.16. The van der Waals surface area contributed by atoms with Gasteiger partial charge < -0.3 is 4.74 Å². The smallest absolute Gasteiger partial charge is 0.0801 e. The van der Waals surface area contributed by atoms with Crippen molar-refractivity contribution in [2.45, 2.75) is 26.0 Å². The molecule has 0 aliphatic rings. The Kier molecular flexibility index (Phi) is 5.70. The first-order chi connectivity index (χ1) is 8.01. The molecule has 0 fully saturated rings. The Morgan fingerprint density at radius 2 is 1.88 bits per heavy atom. The van der Waals surface area contributed by atoms with Gasteiger partial charge in [-0.1, -0.05) is 43.1 Å². The van der Waals surface area contributed by atoms with Crippen molar-refractivity contribution in [3.05, 3.63) is 33.8 Å². The summed E-state index contributed by atoms with van der Waals surface area (Å²) in [5.74, 6) is 5.93. The molecule has 3 nitrogen and oxygen atoms in total. The van der Waals surface area contributed by atoms with Crippen LogP contribution in [0, 0.1) is 5.92 Å². The number of hydrogen-bond acceptors (Lipinski definition) is 3. The molecule has 3 N–H and O–H groups in total. The summed E-state index contributed by atoms with van der Waals surface area (Å²) in [7, 11) is 1.67. The van der Waals surface area contributed by atoms with Crippen molar-refractivity contribution < 1.29 is 4.74 Å². The van der Waals surface area contributed by atoms with Crippen LogP contribution >= 0.6 is 23.2 Å². The molecule has 0 aliphatic heterocycles. The topological polar surface area (TPSA) is 47.3 Å². The standard InChI is InChI=1S/C12H18Cl2N2O/c1-7(2)12(17-3)11(16-15)8-4-5-9(13)10(14)6-8/h4-7,11-12,16H,15H2,1-3H3. The van der Waals surface area contributed by atoms with Gasteiger partial charge in [0, 0.05) is 7.11 Å². The van der Waals surface area contributed by atoms with E-state index in [0.717, 1.165) is 5.56 Å². The molecule has 0 spiro atoms. The molecule has 0 saturated carbocycles. The summed E-state index contributed by atoms with van der Waals surface area (Å²) < 4.78 is 5.47. The molecular weight excluding hydrogens is 259 g/mol. The third-order valence-corrected chi connectivity index (χ3v) is 3.48. The van der Waals surface area contributed by atoms with Crippen LogP contribution in [0.15, 0.2) is 18.2 Å². The van der Waals surface area contributed by atoms with Gasteiger partial charge in [-0.05, 0) is 23.6 Å². The van der Waals surface area contributed by atoms with Gasteiger partial charge in [0.25, 0.3) is 0 Å². The van der Waals surface area contributed by atoms with Gasteiger partial charge in [0.15, 0.2) is 0 Å². The van der Waals surface area contributed by atoms with Crippen LogP contribution in [0.4, 0.5) is 0 Å². The Balaban J connectivity index is 3.03. The van der Waals surface area contributed by atoms with E-state index in [-0.39, 0.29) is 12.1 Å². The average molecular weight is 277 g/mol. The number of hydrogen-bond donors (Lipinski definition) is 2. The van der Waals surface area contributed by atoms with Gasteiger partial charge >= 0.3 is 0 Å². The third-order valence-electron chi connectivity index (χ3n) is 2.74. The summed E-state index contributed by atoms with van der Waals surface area (Å²) in [4.78, 5) is 0. The van der Waals surface area contributed by atoms with Crippen LogP contribution in [0.2, 0.25) is 10.0 Å². The molecule has 0 saturated heterocycles. The molecule has 0 aliphatic carbocycles. The van der Waals surface area contributed by atoms with E-state index < -0.39 is 0 Å². The lowest BCUT2D eigenvalue weighted by Gasteiger charge is -2.29. The highest BCUT2D eigenvalue weighted by atomic mass is 35.5. The first-order valence-corrected chi connectivity index (χ1v) is 6.20. The van der Waals surface area contributed by atoms with Crippen molar-refractivity contribution in [2.24, 2.45) is 11.8 Å². The second-order valence-electron chi connectivity index (χ2n) is 4.26. The van der Waals surface area contributed by atoms with Crippen LogP contribution in [0.25, 0.3) is 0 Å². The Labute approximate surface area is 112 Å². The predicted molar refractivity (Wildman–Crippen MR) is 72.2 cm³/mol. The maximum absolute atomic E-state index is 6.00. The largest absolute Gasteiger partial charge is 0.379 e. The zero-order valence-electron chi connectivity index (χ0n) is 10.2. The second kappa shape index (κ2) is 6.57. The molecule has 96 valence electrons. The van der Waals surface area contributed by atoms with Crippen LogP contribution in [0.3, 0.4) is 0 Å². The lowest BCUT2D eigenvalue weighted by Crippen LogP contribution is -2.40. The van der Waals surface area contributed by atoms with E-state index in [1.807, 2.05) is 12.1 Å². The number of rotatable bonds is 5. The monoisotopic (exact) mass is 276 g/mol. The molecule has 2 unspecified atom stereocenters. The number of ether oxygens (including phenoxy) is 1. The summed E-state index contributed by atoms with van der Waals surface area (Å²) in [6.07, 6.45) is -0.0303. The molecule has 1 rings (SSSR count). The van der Waals surface area contributed by atoms with E-state index in [0.29, 0.717) is 16.0 Å². The van der Waals surface area contributed by atoms with Crippen LogP contribution in [-0.2, 0) is 4.74 Å². The fourth-order valence-electron chi connectivity index (χ4n) is 1.88.